The van der Waals surface area contributed by atoms with Gasteiger partial charge in [0.25, 0.3) is 0 Å². The van der Waals surface area contributed by atoms with Crippen LogP contribution in [0.3, 0.4) is 0 Å². The molecule has 0 bridgehead atoms. The minimum atomic E-state index is -0.428. The van der Waals surface area contributed by atoms with Gasteiger partial charge in [-0.1, -0.05) is 176 Å². The standard InChI is InChI=1S/C55H34N2/c1-3-15-36(16-4-1)51-34-52(57-54(56-51)37-17-5-2-6-18-37)41-20-13-19-38(30-41)39-26-27-40-32-47-46-29-28-35-14-7-8-21-43(35)53(46)55(50(47)33-42(40)31-39)48-24-11-9-22-44(48)45-23-10-12-25-49(45)55/h1-34H. The number of hydrogen-bond acceptors (Lipinski definition) is 2. The van der Waals surface area contributed by atoms with Crippen molar-refractivity contribution >= 4 is 21.5 Å². The van der Waals surface area contributed by atoms with Crippen LogP contribution in [0.1, 0.15) is 22.3 Å². The van der Waals surface area contributed by atoms with E-state index in [1.165, 1.54) is 71.6 Å². The van der Waals surface area contributed by atoms with E-state index in [9.17, 15) is 0 Å². The van der Waals surface area contributed by atoms with Gasteiger partial charge in [0, 0.05) is 16.7 Å². The number of hydrogen-bond donors (Lipinski definition) is 0. The van der Waals surface area contributed by atoms with Gasteiger partial charge in [-0.2, -0.15) is 0 Å². The molecule has 0 saturated heterocycles. The van der Waals surface area contributed by atoms with Crippen molar-refractivity contribution in [2.24, 2.45) is 0 Å². The normalized spacial score (nSPS) is 13.1. The van der Waals surface area contributed by atoms with Crippen molar-refractivity contribution in [2.75, 3.05) is 0 Å². The Labute approximate surface area is 331 Å². The third kappa shape index (κ3) is 4.71. The van der Waals surface area contributed by atoms with E-state index in [0.29, 0.717) is 0 Å². The minimum absolute atomic E-state index is 0.428. The van der Waals surface area contributed by atoms with Crippen LogP contribution in [-0.2, 0) is 5.41 Å². The molecule has 2 aliphatic carbocycles. The SMILES string of the molecule is c1ccc(-c2cc(-c3cccc(-c4ccc5cc6c(cc5c4)C4(c5ccccc5-c5ccccc54)c4c-6ccc5ccccc45)c3)nc(-c3ccccc3)n2)cc1. The topological polar surface area (TPSA) is 25.8 Å². The number of rotatable bonds is 4. The lowest BCUT2D eigenvalue weighted by Crippen LogP contribution is -2.26. The van der Waals surface area contributed by atoms with Crippen LogP contribution in [0, 0.1) is 0 Å². The van der Waals surface area contributed by atoms with Gasteiger partial charge in [0.05, 0.1) is 16.8 Å². The third-order valence-corrected chi connectivity index (χ3v) is 12.2. The van der Waals surface area contributed by atoms with E-state index in [2.05, 4.69) is 182 Å². The summed E-state index contributed by atoms with van der Waals surface area (Å²) in [6, 6.07) is 75.1. The molecule has 10 aromatic rings. The second-order valence-corrected chi connectivity index (χ2v) is 15.3. The van der Waals surface area contributed by atoms with Crippen LogP contribution in [0.15, 0.2) is 206 Å². The maximum atomic E-state index is 5.13. The first-order valence-electron chi connectivity index (χ1n) is 19.6. The summed E-state index contributed by atoms with van der Waals surface area (Å²) in [5, 5.41) is 5.05. The molecular weight excluding hydrogens is 689 g/mol. The van der Waals surface area contributed by atoms with Crippen molar-refractivity contribution in [1.29, 1.82) is 0 Å². The molecule has 0 fully saturated rings. The largest absolute Gasteiger partial charge is 0.228 e. The Hall–Kier alpha value is -7.42. The zero-order valence-electron chi connectivity index (χ0n) is 31.0. The quantitative estimate of drug-likeness (QED) is 0.181. The van der Waals surface area contributed by atoms with Crippen LogP contribution in [0.25, 0.3) is 88.8 Å². The molecule has 1 spiro atoms. The van der Waals surface area contributed by atoms with Gasteiger partial charge in [0.15, 0.2) is 5.82 Å². The van der Waals surface area contributed by atoms with Gasteiger partial charge in [-0.3, -0.25) is 0 Å². The molecule has 2 heteroatoms. The van der Waals surface area contributed by atoms with E-state index < -0.39 is 5.41 Å². The second kappa shape index (κ2) is 12.3. The van der Waals surface area contributed by atoms with Crippen molar-refractivity contribution in [1.82, 2.24) is 9.97 Å². The van der Waals surface area contributed by atoms with Crippen molar-refractivity contribution in [2.45, 2.75) is 5.41 Å². The first kappa shape index (κ1) is 31.9. The maximum absolute atomic E-state index is 5.13. The molecule has 0 amide bonds. The van der Waals surface area contributed by atoms with E-state index in [4.69, 9.17) is 9.97 Å². The summed E-state index contributed by atoms with van der Waals surface area (Å²) in [7, 11) is 0. The molecule has 1 aromatic heterocycles. The average Bonchev–Trinajstić information content (AvgIpc) is 3.75. The maximum Gasteiger partial charge on any atom is 0.160 e. The highest BCUT2D eigenvalue weighted by atomic mass is 14.9. The van der Waals surface area contributed by atoms with Crippen LogP contribution >= 0.6 is 0 Å². The molecule has 1 heterocycles. The molecule has 0 atom stereocenters. The Kier molecular flexibility index (Phi) is 6.88. The van der Waals surface area contributed by atoms with Crippen LogP contribution in [0.5, 0.6) is 0 Å². The number of benzene rings is 9. The fraction of sp³-hybridized carbons (Fsp3) is 0.0182. The van der Waals surface area contributed by atoms with E-state index in [1.54, 1.807) is 0 Å². The molecule has 2 aliphatic rings. The molecule has 0 aliphatic heterocycles. The van der Waals surface area contributed by atoms with Crippen molar-refractivity contribution in [3.05, 3.63) is 229 Å². The molecule has 264 valence electrons. The van der Waals surface area contributed by atoms with Crippen LogP contribution < -0.4 is 0 Å². The Morgan fingerprint density at radius 1 is 0.298 bits per heavy atom. The van der Waals surface area contributed by atoms with Gasteiger partial charge in [0.2, 0.25) is 0 Å². The molecule has 0 radical (unpaired) electrons. The van der Waals surface area contributed by atoms with Crippen LogP contribution in [0.4, 0.5) is 0 Å². The van der Waals surface area contributed by atoms with Gasteiger partial charge in [-0.25, -0.2) is 9.97 Å². The summed E-state index contributed by atoms with van der Waals surface area (Å²) in [4.78, 5) is 10.2. The number of fused-ring (bicyclic) bond motifs is 13. The molecule has 0 N–H and O–H groups in total. The number of nitrogens with zero attached hydrogens (tertiary/aromatic N) is 2. The van der Waals surface area contributed by atoms with E-state index in [1.807, 2.05) is 24.3 Å². The zero-order valence-corrected chi connectivity index (χ0v) is 31.0. The summed E-state index contributed by atoms with van der Waals surface area (Å²) in [6.07, 6.45) is 0. The summed E-state index contributed by atoms with van der Waals surface area (Å²) < 4.78 is 0. The third-order valence-electron chi connectivity index (χ3n) is 12.2. The lowest BCUT2D eigenvalue weighted by Gasteiger charge is -2.31. The molecule has 12 rings (SSSR count). The summed E-state index contributed by atoms with van der Waals surface area (Å²) in [5.74, 6) is 0.717. The molecule has 57 heavy (non-hydrogen) atoms. The highest BCUT2D eigenvalue weighted by Crippen LogP contribution is 2.64. The van der Waals surface area contributed by atoms with E-state index >= 15 is 0 Å². The Bertz CT molecular complexity index is 3130. The van der Waals surface area contributed by atoms with Gasteiger partial charge in [-0.05, 0) is 108 Å². The molecule has 0 unspecified atom stereocenters. The lowest BCUT2D eigenvalue weighted by molar-refractivity contribution is 0.802. The van der Waals surface area contributed by atoms with Crippen molar-refractivity contribution in [3.63, 3.8) is 0 Å². The molecular formula is C55H34N2. The highest BCUT2D eigenvalue weighted by Gasteiger charge is 2.52. The summed E-state index contributed by atoms with van der Waals surface area (Å²) in [6.45, 7) is 0. The summed E-state index contributed by atoms with van der Waals surface area (Å²) in [5.41, 5.74) is 17.6. The predicted octanol–water partition coefficient (Wildman–Crippen LogP) is 13.8. The smallest absolute Gasteiger partial charge is 0.160 e. The monoisotopic (exact) mass is 722 g/mol. The van der Waals surface area contributed by atoms with Crippen molar-refractivity contribution in [3.8, 4) is 67.3 Å². The molecule has 2 nitrogen and oxygen atoms in total. The molecule has 0 saturated carbocycles. The first-order chi connectivity index (χ1) is 28.2. The van der Waals surface area contributed by atoms with Gasteiger partial charge in [-0.15, -0.1) is 0 Å². The predicted molar refractivity (Wildman–Crippen MR) is 235 cm³/mol. The number of aromatic nitrogens is 2. The van der Waals surface area contributed by atoms with E-state index in [-0.39, 0.29) is 0 Å². The van der Waals surface area contributed by atoms with Crippen molar-refractivity contribution < 1.29 is 0 Å². The van der Waals surface area contributed by atoms with E-state index in [0.717, 1.165) is 39.5 Å². The van der Waals surface area contributed by atoms with Gasteiger partial charge < -0.3 is 0 Å². The first-order valence-corrected chi connectivity index (χ1v) is 19.6. The summed E-state index contributed by atoms with van der Waals surface area (Å²) >= 11 is 0. The van der Waals surface area contributed by atoms with Gasteiger partial charge >= 0.3 is 0 Å². The lowest BCUT2D eigenvalue weighted by atomic mass is 9.69. The zero-order chi connectivity index (χ0) is 37.5. The second-order valence-electron chi connectivity index (χ2n) is 15.3. The van der Waals surface area contributed by atoms with Crippen LogP contribution in [-0.4, -0.2) is 9.97 Å². The van der Waals surface area contributed by atoms with Crippen LogP contribution in [0.2, 0.25) is 0 Å². The Morgan fingerprint density at radius 2 is 0.895 bits per heavy atom. The highest BCUT2D eigenvalue weighted by molar-refractivity contribution is 6.06. The average molecular weight is 723 g/mol. The fourth-order valence-corrected chi connectivity index (χ4v) is 9.77. The fourth-order valence-electron chi connectivity index (χ4n) is 9.77. The molecule has 9 aromatic carbocycles. The minimum Gasteiger partial charge on any atom is -0.228 e. The van der Waals surface area contributed by atoms with Gasteiger partial charge in [0.1, 0.15) is 0 Å². The Morgan fingerprint density at radius 3 is 1.67 bits per heavy atom. The Balaban J connectivity index is 1.04.